The van der Waals surface area contributed by atoms with Crippen LogP contribution in [0.5, 0.6) is 0 Å². The van der Waals surface area contributed by atoms with Crippen LogP contribution in [0.3, 0.4) is 0 Å². The number of morpholine rings is 1. The molecule has 0 amide bonds. The van der Waals surface area contributed by atoms with Crippen LogP contribution in [0.4, 0.5) is 0 Å². The molecule has 1 heterocycles. The van der Waals surface area contributed by atoms with Crippen molar-refractivity contribution in [1.29, 1.82) is 5.41 Å². The highest BCUT2D eigenvalue weighted by Gasteiger charge is 2.18. The summed E-state index contributed by atoms with van der Waals surface area (Å²) in [7, 11) is 0. The summed E-state index contributed by atoms with van der Waals surface area (Å²) >= 11 is 0. The van der Waals surface area contributed by atoms with E-state index in [0.717, 1.165) is 19.8 Å². The van der Waals surface area contributed by atoms with E-state index in [1.54, 1.807) is 0 Å². The Kier molecular flexibility index (Phi) is 2.27. The molecule has 0 saturated carbocycles. The van der Waals surface area contributed by atoms with E-state index in [1.807, 2.05) is 6.92 Å². The van der Waals surface area contributed by atoms with Crippen molar-refractivity contribution in [3.63, 3.8) is 0 Å². The Morgan fingerprint density at radius 3 is 2.80 bits per heavy atom. The van der Waals surface area contributed by atoms with Crippen LogP contribution in [-0.2, 0) is 4.74 Å². The van der Waals surface area contributed by atoms with Gasteiger partial charge < -0.3 is 9.64 Å². The fraction of sp³-hybridized carbons (Fsp3) is 0.857. The molecule has 0 bridgehead atoms. The van der Waals surface area contributed by atoms with Gasteiger partial charge >= 0.3 is 0 Å². The summed E-state index contributed by atoms with van der Waals surface area (Å²) < 4.78 is 5.22. The smallest absolute Gasteiger partial charge is 0.0929 e. The largest absolute Gasteiger partial charge is 0.377 e. The molecule has 1 fully saturated rings. The number of hydrogen-bond acceptors (Lipinski definition) is 2. The minimum absolute atomic E-state index is 0.381. The summed E-state index contributed by atoms with van der Waals surface area (Å²) in [6, 6.07) is 0.381. The molecule has 1 rings (SSSR count). The van der Waals surface area contributed by atoms with E-state index >= 15 is 0 Å². The van der Waals surface area contributed by atoms with Crippen molar-refractivity contribution in [2.24, 2.45) is 0 Å². The predicted molar refractivity (Wildman–Crippen MR) is 40.4 cm³/mol. The normalized spacial score (nSPS) is 26.6. The van der Waals surface area contributed by atoms with Gasteiger partial charge in [-0.2, -0.15) is 0 Å². The van der Waals surface area contributed by atoms with Crippen LogP contribution in [0.1, 0.15) is 13.8 Å². The van der Waals surface area contributed by atoms with E-state index in [2.05, 4.69) is 11.8 Å². The van der Waals surface area contributed by atoms with E-state index in [9.17, 15) is 0 Å². The van der Waals surface area contributed by atoms with Gasteiger partial charge in [0.2, 0.25) is 0 Å². The van der Waals surface area contributed by atoms with Gasteiger partial charge in [0.05, 0.1) is 25.1 Å². The van der Waals surface area contributed by atoms with Crippen LogP contribution in [0.25, 0.3) is 0 Å². The van der Waals surface area contributed by atoms with Crippen LogP contribution in [0.2, 0.25) is 0 Å². The zero-order chi connectivity index (χ0) is 7.56. The lowest BCUT2D eigenvalue weighted by Crippen LogP contribution is -2.45. The van der Waals surface area contributed by atoms with Gasteiger partial charge in [0.1, 0.15) is 0 Å². The summed E-state index contributed by atoms with van der Waals surface area (Å²) in [6.45, 7) is 6.30. The molecule has 1 saturated heterocycles. The average Bonchev–Trinajstić information content (AvgIpc) is 1.88. The molecule has 10 heavy (non-hydrogen) atoms. The molecule has 3 heteroatoms. The van der Waals surface area contributed by atoms with Crippen molar-refractivity contribution in [3.05, 3.63) is 0 Å². The Bertz CT molecular complexity index is 136. The van der Waals surface area contributed by atoms with Crippen LogP contribution in [0.15, 0.2) is 0 Å². The zero-order valence-electron chi connectivity index (χ0n) is 6.55. The summed E-state index contributed by atoms with van der Waals surface area (Å²) in [4.78, 5) is 2.06. The molecule has 58 valence electrons. The first kappa shape index (κ1) is 7.54. The van der Waals surface area contributed by atoms with Gasteiger partial charge in [-0.05, 0) is 13.8 Å². The molecule has 1 aliphatic rings. The number of amidine groups is 1. The van der Waals surface area contributed by atoms with Crippen LogP contribution in [-0.4, -0.2) is 36.5 Å². The molecular weight excluding hydrogens is 128 g/mol. The maximum atomic E-state index is 7.39. The Labute approximate surface area is 61.5 Å². The van der Waals surface area contributed by atoms with Crippen molar-refractivity contribution in [2.75, 3.05) is 19.8 Å². The van der Waals surface area contributed by atoms with Crippen molar-refractivity contribution < 1.29 is 4.74 Å². The first-order chi connectivity index (χ1) is 4.72. The van der Waals surface area contributed by atoms with Gasteiger partial charge in [-0.15, -0.1) is 0 Å². The van der Waals surface area contributed by atoms with Crippen molar-refractivity contribution >= 4 is 5.84 Å². The van der Waals surface area contributed by atoms with E-state index in [-0.39, 0.29) is 0 Å². The van der Waals surface area contributed by atoms with E-state index < -0.39 is 0 Å². The van der Waals surface area contributed by atoms with Gasteiger partial charge in [-0.25, -0.2) is 0 Å². The molecule has 0 radical (unpaired) electrons. The molecule has 0 spiro atoms. The third kappa shape index (κ3) is 1.48. The molecule has 0 aromatic rings. The maximum Gasteiger partial charge on any atom is 0.0929 e. The monoisotopic (exact) mass is 142 g/mol. The Morgan fingerprint density at radius 2 is 2.40 bits per heavy atom. The highest BCUT2D eigenvalue weighted by molar-refractivity contribution is 5.76. The number of rotatable bonds is 0. The van der Waals surface area contributed by atoms with Crippen LogP contribution < -0.4 is 0 Å². The third-order valence-corrected chi connectivity index (χ3v) is 1.80. The molecule has 1 aliphatic heterocycles. The van der Waals surface area contributed by atoms with Crippen molar-refractivity contribution in [2.45, 2.75) is 19.9 Å². The summed E-state index contributed by atoms with van der Waals surface area (Å²) in [5.41, 5.74) is 0. The van der Waals surface area contributed by atoms with E-state index in [4.69, 9.17) is 10.1 Å². The lowest BCUT2D eigenvalue weighted by Gasteiger charge is -2.34. The van der Waals surface area contributed by atoms with Gasteiger partial charge in [0.15, 0.2) is 0 Å². The topological polar surface area (TPSA) is 36.3 Å². The zero-order valence-corrected chi connectivity index (χ0v) is 6.55. The first-order valence-corrected chi connectivity index (χ1v) is 3.61. The highest BCUT2D eigenvalue weighted by Crippen LogP contribution is 2.05. The minimum atomic E-state index is 0.381. The molecule has 0 aromatic carbocycles. The number of ether oxygens (including phenoxy) is 1. The summed E-state index contributed by atoms with van der Waals surface area (Å²) in [6.07, 6.45) is 0. The van der Waals surface area contributed by atoms with Gasteiger partial charge in [0, 0.05) is 6.54 Å². The molecular formula is C7H14N2O. The highest BCUT2D eigenvalue weighted by atomic mass is 16.5. The fourth-order valence-corrected chi connectivity index (χ4v) is 1.23. The Balaban J connectivity index is 2.47. The van der Waals surface area contributed by atoms with Crippen molar-refractivity contribution in [3.8, 4) is 0 Å². The van der Waals surface area contributed by atoms with Crippen LogP contribution >= 0.6 is 0 Å². The Hall–Kier alpha value is -0.570. The molecule has 3 nitrogen and oxygen atoms in total. The Morgan fingerprint density at radius 1 is 1.70 bits per heavy atom. The lowest BCUT2D eigenvalue weighted by molar-refractivity contribution is 0.0326. The van der Waals surface area contributed by atoms with E-state index in [0.29, 0.717) is 11.9 Å². The third-order valence-electron chi connectivity index (χ3n) is 1.80. The summed E-state index contributed by atoms with van der Waals surface area (Å²) in [5, 5.41) is 7.39. The van der Waals surface area contributed by atoms with E-state index in [1.165, 1.54) is 0 Å². The molecule has 1 N–H and O–H groups in total. The molecule has 1 atom stereocenters. The second kappa shape index (κ2) is 3.01. The van der Waals surface area contributed by atoms with Crippen molar-refractivity contribution in [1.82, 2.24) is 4.90 Å². The minimum Gasteiger partial charge on any atom is -0.377 e. The average molecular weight is 142 g/mol. The molecule has 0 aromatic heterocycles. The quantitative estimate of drug-likeness (QED) is 0.399. The van der Waals surface area contributed by atoms with Gasteiger partial charge in [-0.3, -0.25) is 5.41 Å². The second-order valence-electron chi connectivity index (χ2n) is 2.70. The lowest BCUT2D eigenvalue weighted by atomic mass is 10.2. The second-order valence-corrected chi connectivity index (χ2v) is 2.70. The standard InChI is InChI=1S/C7H14N2O/c1-6-5-10-4-3-9(6)7(2)8/h6,8H,3-5H2,1-2H3/t6-/m1/s1. The maximum absolute atomic E-state index is 7.39. The fourth-order valence-electron chi connectivity index (χ4n) is 1.23. The van der Waals surface area contributed by atoms with Crippen LogP contribution in [0, 0.1) is 5.41 Å². The number of hydrogen-bond donors (Lipinski definition) is 1. The summed E-state index contributed by atoms with van der Waals surface area (Å²) in [5.74, 6) is 0.649. The van der Waals surface area contributed by atoms with Gasteiger partial charge in [-0.1, -0.05) is 0 Å². The van der Waals surface area contributed by atoms with Gasteiger partial charge in [0.25, 0.3) is 0 Å². The number of nitrogens with one attached hydrogen (secondary N) is 1. The SMILES string of the molecule is CC(=N)N1CCOC[C@H]1C. The number of nitrogens with zero attached hydrogens (tertiary/aromatic N) is 1. The molecule has 0 aliphatic carbocycles. The first-order valence-electron chi connectivity index (χ1n) is 3.61. The predicted octanol–water partition coefficient (Wildman–Crippen LogP) is 0.704. The molecule has 0 unspecified atom stereocenters.